The van der Waals surface area contributed by atoms with E-state index in [0.29, 0.717) is 11.3 Å². The van der Waals surface area contributed by atoms with Gasteiger partial charge in [-0.1, -0.05) is 5.92 Å². The maximum Gasteiger partial charge on any atom is 0.308 e. The van der Waals surface area contributed by atoms with Gasteiger partial charge in [0.25, 0.3) is 11.5 Å². The van der Waals surface area contributed by atoms with Crippen LogP contribution < -0.4 is 10.9 Å². The molecular formula is C15H9N3O3. The lowest BCUT2D eigenvalue weighted by Gasteiger charge is -2.04. The highest BCUT2D eigenvalue weighted by molar-refractivity contribution is 6.03. The summed E-state index contributed by atoms with van der Waals surface area (Å²) in [4.78, 5) is 28.1. The fourth-order valence-electron chi connectivity index (χ4n) is 1.83. The summed E-state index contributed by atoms with van der Waals surface area (Å²) in [5.74, 6) is 2.07. The zero-order valence-corrected chi connectivity index (χ0v) is 10.7. The number of hydrogen-bond donors (Lipinski definition) is 1. The van der Waals surface area contributed by atoms with Crippen LogP contribution in [0.25, 0.3) is 5.84 Å². The molecule has 1 aromatic carbocycles. The number of amides is 1. The van der Waals surface area contributed by atoms with Gasteiger partial charge >= 0.3 is 5.84 Å². The molecule has 0 aliphatic heterocycles. The van der Waals surface area contributed by atoms with Gasteiger partial charge in [-0.25, -0.2) is 9.38 Å². The Bertz CT molecular complexity index is 914. The molecule has 6 heteroatoms. The number of nitrogens with zero attached hydrogens (tertiary/aromatic N) is 2. The van der Waals surface area contributed by atoms with Crippen LogP contribution in [0.1, 0.15) is 15.9 Å². The Balaban J connectivity index is 1.91. The van der Waals surface area contributed by atoms with Gasteiger partial charge in [-0.15, -0.1) is 6.42 Å². The lowest BCUT2D eigenvalue weighted by atomic mass is 10.2. The first-order valence-corrected chi connectivity index (χ1v) is 6.02. The maximum atomic E-state index is 12.1. The molecular weight excluding hydrogens is 270 g/mol. The molecule has 0 radical (unpaired) electrons. The number of fused-ring (bicyclic) bond motifs is 1. The molecule has 0 bridgehead atoms. The van der Waals surface area contributed by atoms with Gasteiger partial charge in [0, 0.05) is 11.3 Å². The van der Waals surface area contributed by atoms with Crippen molar-refractivity contribution < 1.29 is 9.21 Å². The van der Waals surface area contributed by atoms with Gasteiger partial charge in [0.05, 0.1) is 12.4 Å². The van der Waals surface area contributed by atoms with Crippen molar-refractivity contribution >= 4 is 17.4 Å². The second-order valence-corrected chi connectivity index (χ2v) is 4.21. The van der Waals surface area contributed by atoms with Crippen molar-refractivity contribution in [3.8, 4) is 12.3 Å². The highest BCUT2D eigenvalue weighted by atomic mass is 16.3. The normalized spacial score (nSPS) is 10.2. The quantitative estimate of drug-likeness (QED) is 0.721. The third-order valence-corrected chi connectivity index (χ3v) is 2.90. The highest BCUT2D eigenvalue weighted by Crippen LogP contribution is 2.10. The third kappa shape index (κ3) is 2.28. The Morgan fingerprint density at radius 2 is 2.10 bits per heavy atom. The van der Waals surface area contributed by atoms with E-state index >= 15 is 0 Å². The molecule has 2 aromatic heterocycles. The minimum absolute atomic E-state index is 0.0741. The van der Waals surface area contributed by atoms with Crippen LogP contribution in [0.4, 0.5) is 5.69 Å². The van der Waals surface area contributed by atoms with Crippen molar-refractivity contribution in [2.45, 2.75) is 0 Å². The summed E-state index contributed by atoms with van der Waals surface area (Å²) in [6, 6.07) is 6.71. The van der Waals surface area contributed by atoms with Crippen LogP contribution in [0.15, 0.2) is 52.1 Å². The molecule has 0 aliphatic carbocycles. The van der Waals surface area contributed by atoms with Gasteiger partial charge in [0.15, 0.2) is 0 Å². The lowest BCUT2D eigenvalue weighted by molar-refractivity contribution is 0.102. The number of anilines is 1. The standard InChI is InChI=1S/C15H9N3O3/c1-2-10-3-5-11(6-4-10)17-13(19)12-9-16-15-18(14(12)20)7-8-21-15/h1,3-9H,(H,17,19). The summed E-state index contributed by atoms with van der Waals surface area (Å²) in [6.45, 7) is 0. The Morgan fingerprint density at radius 3 is 2.81 bits per heavy atom. The SMILES string of the molecule is C#Cc1ccc(NC(=O)c2cnc3occn3c2=O)cc1. The van der Waals surface area contributed by atoms with E-state index in [2.05, 4.69) is 16.2 Å². The molecule has 0 aliphatic rings. The smallest absolute Gasteiger partial charge is 0.308 e. The first kappa shape index (κ1) is 12.7. The molecule has 0 spiro atoms. The van der Waals surface area contributed by atoms with E-state index in [9.17, 15) is 9.59 Å². The highest BCUT2D eigenvalue weighted by Gasteiger charge is 2.14. The number of hydrogen-bond acceptors (Lipinski definition) is 4. The Morgan fingerprint density at radius 1 is 1.33 bits per heavy atom. The Labute approximate surface area is 119 Å². The summed E-state index contributed by atoms with van der Waals surface area (Å²) >= 11 is 0. The summed E-state index contributed by atoms with van der Waals surface area (Å²) in [5, 5.41) is 2.62. The average Bonchev–Trinajstić information content (AvgIpc) is 2.98. The van der Waals surface area contributed by atoms with Crippen LogP contribution in [-0.4, -0.2) is 15.3 Å². The van der Waals surface area contributed by atoms with Crippen molar-refractivity contribution in [3.05, 3.63) is 64.4 Å². The zero-order valence-electron chi connectivity index (χ0n) is 10.7. The minimum Gasteiger partial charge on any atom is -0.432 e. The number of terminal acetylenes is 1. The fourth-order valence-corrected chi connectivity index (χ4v) is 1.83. The molecule has 102 valence electrons. The topological polar surface area (TPSA) is 76.6 Å². The number of rotatable bonds is 2. The number of carbonyl (C=O) groups excluding carboxylic acids is 1. The first-order valence-electron chi connectivity index (χ1n) is 6.02. The minimum atomic E-state index is -0.545. The second kappa shape index (κ2) is 4.98. The number of carbonyl (C=O) groups is 1. The zero-order chi connectivity index (χ0) is 14.8. The van der Waals surface area contributed by atoms with Crippen molar-refractivity contribution in [2.75, 3.05) is 5.32 Å². The Kier molecular flexibility index (Phi) is 3.01. The number of oxazole rings is 1. The van der Waals surface area contributed by atoms with Gasteiger partial charge in [-0.2, -0.15) is 0 Å². The summed E-state index contributed by atoms with van der Waals surface area (Å²) in [6.07, 6.45) is 9.17. The van der Waals surface area contributed by atoms with E-state index in [0.717, 1.165) is 4.40 Å². The van der Waals surface area contributed by atoms with E-state index in [4.69, 9.17) is 10.8 Å². The summed E-state index contributed by atoms with van der Waals surface area (Å²) in [7, 11) is 0. The molecule has 3 rings (SSSR count). The van der Waals surface area contributed by atoms with Gasteiger partial charge in [-0.3, -0.25) is 9.59 Å². The monoisotopic (exact) mass is 279 g/mol. The van der Waals surface area contributed by atoms with E-state index < -0.39 is 11.5 Å². The van der Waals surface area contributed by atoms with Crippen LogP contribution in [0.2, 0.25) is 0 Å². The first-order chi connectivity index (χ1) is 10.2. The summed E-state index contributed by atoms with van der Waals surface area (Å²) in [5.41, 5.74) is 0.673. The van der Waals surface area contributed by atoms with E-state index in [1.165, 1.54) is 18.7 Å². The second-order valence-electron chi connectivity index (χ2n) is 4.21. The lowest BCUT2D eigenvalue weighted by Crippen LogP contribution is -2.25. The van der Waals surface area contributed by atoms with E-state index in [-0.39, 0.29) is 11.4 Å². The van der Waals surface area contributed by atoms with Crippen LogP contribution in [0, 0.1) is 12.3 Å². The largest absolute Gasteiger partial charge is 0.432 e. The molecule has 1 amide bonds. The van der Waals surface area contributed by atoms with Crippen molar-refractivity contribution in [1.82, 2.24) is 9.38 Å². The van der Waals surface area contributed by atoms with Crippen molar-refractivity contribution in [3.63, 3.8) is 0 Å². The molecule has 0 fully saturated rings. The van der Waals surface area contributed by atoms with E-state index in [1.54, 1.807) is 24.3 Å². The van der Waals surface area contributed by atoms with Gasteiger partial charge in [0.1, 0.15) is 11.8 Å². The number of aromatic nitrogens is 2. The number of benzene rings is 1. The summed E-state index contributed by atoms with van der Waals surface area (Å²) < 4.78 is 6.14. The van der Waals surface area contributed by atoms with Crippen LogP contribution >= 0.6 is 0 Å². The number of nitrogens with one attached hydrogen (secondary N) is 1. The molecule has 0 saturated carbocycles. The predicted molar refractivity (Wildman–Crippen MR) is 76.1 cm³/mol. The van der Waals surface area contributed by atoms with Crippen molar-refractivity contribution in [2.24, 2.45) is 0 Å². The van der Waals surface area contributed by atoms with Gasteiger partial charge in [0.2, 0.25) is 0 Å². The van der Waals surface area contributed by atoms with Gasteiger partial charge < -0.3 is 9.73 Å². The predicted octanol–water partition coefficient (Wildman–Crippen LogP) is 1.52. The van der Waals surface area contributed by atoms with Crippen LogP contribution in [0.5, 0.6) is 0 Å². The molecule has 3 aromatic rings. The van der Waals surface area contributed by atoms with Crippen LogP contribution in [0.3, 0.4) is 0 Å². The van der Waals surface area contributed by atoms with Crippen LogP contribution in [-0.2, 0) is 0 Å². The fraction of sp³-hybridized carbons (Fsp3) is 0. The van der Waals surface area contributed by atoms with Gasteiger partial charge in [-0.05, 0) is 24.3 Å². The third-order valence-electron chi connectivity index (χ3n) is 2.90. The molecule has 0 atom stereocenters. The maximum absolute atomic E-state index is 12.1. The molecule has 0 saturated heterocycles. The molecule has 6 nitrogen and oxygen atoms in total. The molecule has 1 N–H and O–H groups in total. The molecule has 2 heterocycles. The molecule has 0 unspecified atom stereocenters. The molecule has 21 heavy (non-hydrogen) atoms. The van der Waals surface area contributed by atoms with Crippen molar-refractivity contribution in [1.29, 1.82) is 0 Å². The Hall–Kier alpha value is -3.33. The van der Waals surface area contributed by atoms with E-state index in [1.807, 2.05) is 0 Å². The average molecular weight is 279 g/mol.